The molecule has 2 rings (SSSR count). The van der Waals surface area contributed by atoms with Crippen LogP contribution in [0, 0.1) is 22.7 Å². The van der Waals surface area contributed by atoms with Crippen LogP contribution in [0.1, 0.15) is 5.56 Å². The average molecular weight is 279 g/mol. The first-order valence-electron chi connectivity index (χ1n) is 6.35. The van der Waals surface area contributed by atoms with E-state index in [9.17, 15) is 4.79 Å². The zero-order valence-electron chi connectivity index (χ0n) is 11.3. The van der Waals surface area contributed by atoms with Crippen molar-refractivity contribution < 1.29 is 4.79 Å². The van der Waals surface area contributed by atoms with Crippen molar-refractivity contribution in [1.29, 1.82) is 10.5 Å². The molecule has 0 fully saturated rings. The van der Waals surface area contributed by atoms with Gasteiger partial charge in [0.2, 0.25) is 5.91 Å². The van der Waals surface area contributed by atoms with Gasteiger partial charge in [0.05, 0.1) is 24.2 Å². The molecular weight excluding hydrogens is 266 g/mol. The Bertz CT molecular complexity index is 660. The van der Waals surface area contributed by atoms with Crippen LogP contribution in [0.2, 0.25) is 0 Å². The number of hydrogen-bond donors (Lipinski definition) is 0. The Balaban J connectivity index is 2.05. The topological polar surface area (TPSA) is 85.7 Å². The Hall–Kier alpha value is -3.12. The van der Waals surface area contributed by atoms with E-state index in [4.69, 9.17) is 10.5 Å². The van der Waals surface area contributed by atoms with Crippen molar-refractivity contribution in [2.24, 2.45) is 0 Å². The van der Waals surface area contributed by atoms with Gasteiger partial charge in [-0.15, -0.1) is 0 Å². The molecule has 0 bridgehead atoms. The fourth-order valence-electron chi connectivity index (χ4n) is 1.88. The SMILES string of the molecule is N#CCN(CC#N)C(=O)Cc1ccc(-n2cccn2)cc1. The summed E-state index contributed by atoms with van der Waals surface area (Å²) in [6, 6.07) is 13.0. The summed E-state index contributed by atoms with van der Waals surface area (Å²) in [6.45, 7) is -0.143. The lowest BCUT2D eigenvalue weighted by molar-refractivity contribution is -0.129. The highest BCUT2D eigenvalue weighted by molar-refractivity contribution is 5.79. The highest BCUT2D eigenvalue weighted by Crippen LogP contribution is 2.10. The maximum Gasteiger partial charge on any atom is 0.228 e. The Kier molecular flexibility index (Phi) is 4.68. The van der Waals surface area contributed by atoms with Gasteiger partial charge in [-0.3, -0.25) is 4.79 Å². The summed E-state index contributed by atoms with van der Waals surface area (Å²) in [5, 5.41) is 21.4. The quantitative estimate of drug-likeness (QED) is 0.772. The number of nitrogens with zero attached hydrogens (tertiary/aromatic N) is 5. The predicted molar refractivity (Wildman–Crippen MR) is 75.1 cm³/mol. The predicted octanol–water partition coefficient (Wildman–Crippen LogP) is 1.29. The van der Waals surface area contributed by atoms with E-state index in [2.05, 4.69) is 5.10 Å². The second kappa shape index (κ2) is 6.88. The third-order valence-corrected chi connectivity index (χ3v) is 2.94. The van der Waals surface area contributed by atoms with Crippen LogP contribution in [0.25, 0.3) is 5.69 Å². The van der Waals surface area contributed by atoms with Gasteiger partial charge in [-0.1, -0.05) is 12.1 Å². The van der Waals surface area contributed by atoms with Crippen LogP contribution in [0.3, 0.4) is 0 Å². The first-order chi connectivity index (χ1) is 10.2. The molecule has 104 valence electrons. The van der Waals surface area contributed by atoms with Crippen LogP contribution in [0.15, 0.2) is 42.7 Å². The lowest BCUT2D eigenvalue weighted by Gasteiger charge is -2.15. The fraction of sp³-hybridized carbons (Fsp3) is 0.200. The molecule has 0 N–H and O–H groups in total. The molecule has 1 heterocycles. The summed E-state index contributed by atoms with van der Waals surface area (Å²) in [7, 11) is 0. The molecule has 0 aliphatic carbocycles. The van der Waals surface area contributed by atoms with Crippen LogP contribution in [-0.4, -0.2) is 33.7 Å². The monoisotopic (exact) mass is 279 g/mol. The van der Waals surface area contributed by atoms with Crippen molar-refractivity contribution in [3.05, 3.63) is 48.3 Å². The first kappa shape index (κ1) is 14.3. The molecule has 6 nitrogen and oxygen atoms in total. The second-order valence-corrected chi connectivity index (χ2v) is 4.36. The number of nitriles is 2. The smallest absolute Gasteiger partial charge is 0.228 e. The summed E-state index contributed by atoms with van der Waals surface area (Å²) < 4.78 is 1.73. The number of hydrogen-bond acceptors (Lipinski definition) is 4. The molecule has 21 heavy (non-hydrogen) atoms. The third-order valence-electron chi connectivity index (χ3n) is 2.94. The molecule has 2 aromatic rings. The molecule has 0 saturated heterocycles. The van der Waals surface area contributed by atoms with Gasteiger partial charge in [-0.05, 0) is 23.8 Å². The minimum atomic E-state index is -0.232. The first-order valence-corrected chi connectivity index (χ1v) is 6.35. The minimum Gasteiger partial charge on any atom is -0.316 e. The number of carbonyl (C=O) groups is 1. The average Bonchev–Trinajstić information content (AvgIpc) is 3.02. The molecule has 0 saturated carbocycles. The van der Waals surface area contributed by atoms with Crippen molar-refractivity contribution in [2.75, 3.05) is 13.1 Å². The normalized spacial score (nSPS) is 9.62. The van der Waals surface area contributed by atoms with Crippen LogP contribution in [-0.2, 0) is 11.2 Å². The largest absolute Gasteiger partial charge is 0.316 e. The van der Waals surface area contributed by atoms with Gasteiger partial charge in [0.25, 0.3) is 0 Å². The zero-order chi connectivity index (χ0) is 15.1. The number of carbonyl (C=O) groups excluding carboxylic acids is 1. The Morgan fingerprint density at radius 3 is 2.38 bits per heavy atom. The fourth-order valence-corrected chi connectivity index (χ4v) is 1.88. The van der Waals surface area contributed by atoms with E-state index in [1.807, 2.05) is 48.7 Å². The minimum absolute atomic E-state index is 0.0717. The van der Waals surface area contributed by atoms with E-state index in [-0.39, 0.29) is 25.4 Å². The summed E-state index contributed by atoms with van der Waals surface area (Å²) in [5.41, 5.74) is 1.74. The molecule has 1 aromatic carbocycles. The molecule has 6 heteroatoms. The Labute approximate surface area is 122 Å². The van der Waals surface area contributed by atoms with Gasteiger partial charge in [0, 0.05) is 12.4 Å². The number of benzene rings is 1. The Morgan fingerprint density at radius 1 is 1.19 bits per heavy atom. The third kappa shape index (κ3) is 3.68. The van der Waals surface area contributed by atoms with E-state index >= 15 is 0 Å². The molecule has 0 spiro atoms. The lowest BCUT2D eigenvalue weighted by atomic mass is 10.1. The lowest BCUT2D eigenvalue weighted by Crippen LogP contribution is -2.33. The van der Waals surface area contributed by atoms with Gasteiger partial charge in [-0.25, -0.2) is 4.68 Å². The summed E-state index contributed by atoms with van der Waals surface area (Å²) in [5.74, 6) is -0.232. The maximum absolute atomic E-state index is 12.0. The second-order valence-electron chi connectivity index (χ2n) is 4.36. The van der Waals surface area contributed by atoms with E-state index < -0.39 is 0 Å². The molecule has 0 aliphatic heterocycles. The summed E-state index contributed by atoms with van der Waals surface area (Å²) in [4.78, 5) is 13.2. The van der Waals surface area contributed by atoms with Gasteiger partial charge in [0.15, 0.2) is 0 Å². The Morgan fingerprint density at radius 2 is 1.86 bits per heavy atom. The van der Waals surface area contributed by atoms with Crippen molar-refractivity contribution in [1.82, 2.24) is 14.7 Å². The summed E-state index contributed by atoms with van der Waals surface area (Å²) >= 11 is 0. The van der Waals surface area contributed by atoms with Crippen LogP contribution in [0.5, 0.6) is 0 Å². The van der Waals surface area contributed by atoms with Crippen LogP contribution in [0.4, 0.5) is 0 Å². The maximum atomic E-state index is 12.0. The zero-order valence-corrected chi connectivity index (χ0v) is 11.3. The number of aromatic nitrogens is 2. The molecule has 0 unspecified atom stereocenters. The van der Waals surface area contributed by atoms with Gasteiger partial charge < -0.3 is 4.90 Å². The van der Waals surface area contributed by atoms with Gasteiger partial charge >= 0.3 is 0 Å². The molecule has 1 amide bonds. The standard InChI is InChI=1S/C15H13N5O/c16-6-10-19(11-7-17)15(21)12-13-2-4-14(5-3-13)20-9-1-8-18-20/h1-5,8-9H,10-12H2. The molecular formula is C15H13N5O. The van der Waals surface area contributed by atoms with Crippen molar-refractivity contribution in [3.8, 4) is 17.8 Å². The van der Waals surface area contributed by atoms with Crippen LogP contribution >= 0.6 is 0 Å². The van der Waals surface area contributed by atoms with Crippen molar-refractivity contribution in [3.63, 3.8) is 0 Å². The molecule has 0 radical (unpaired) electrons. The summed E-state index contributed by atoms with van der Waals surface area (Å²) in [6.07, 6.45) is 3.70. The van der Waals surface area contributed by atoms with E-state index in [0.717, 1.165) is 11.3 Å². The molecule has 0 atom stereocenters. The van der Waals surface area contributed by atoms with Crippen LogP contribution < -0.4 is 0 Å². The highest BCUT2D eigenvalue weighted by Gasteiger charge is 2.13. The number of rotatable bonds is 5. The van der Waals surface area contributed by atoms with Gasteiger partial charge in [0.1, 0.15) is 13.1 Å². The molecule has 1 aromatic heterocycles. The number of amides is 1. The highest BCUT2D eigenvalue weighted by atomic mass is 16.2. The van der Waals surface area contributed by atoms with E-state index in [0.29, 0.717) is 0 Å². The van der Waals surface area contributed by atoms with Crippen molar-refractivity contribution in [2.45, 2.75) is 6.42 Å². The van der Waals surface area contributed by atoms with Gasteiger partial charge in [-0.2, -0.15) is 15.6 Å². The van der Waals surface area contributed by atoms with E-state index in [1.54, 1.807) is 10.9 Å². The van der Waals surface area contributed by atoms with E-state index in [1.165, 1.54) is 4.90 Å². The molecule has 0 aliphatic rings. The van der Waals surface area contributed by atoms with Crippen molar-refractivity contribution >= 4 is 5.91 Å².